The summed E-state index contributed by atoms with van der Waals surface area (Å²) in [4.78, 5) is 28.2. The monoisotopic (exact) mass is 582 g/mol. The second kappa shape index (κ2) is 11.0. The van der Waals surface area contributed by atoms with Crippen molar-refractivity contribution < 1.29 is 17.6 Å². The maximum absolute atomic E-state index is 14.2. The van der Waals surface area contributed by atoms with Crippen LogP contribution in [0.25, 0.3) is 10.9 Å². The van der Waals surface area contributed by atoms with E-state index in [1.54, 1.807) is 36.4 Å². The number of aromatic nitrogens is 2. The van der Waals surface area contributed by atoms with Crippen molar-refractivity contribution >= 4 is 55.6 Å². The molecule has 1 aliphatic rings. The maximum Gasteiger partial charge on any atom is 0.260 e. The number of nitrogens with two attached hydrogens (primary N) is 1. The number of anilines is 3. The van der Waals surface area contributed by atoms with Gasteiger partial charge in [0.25, 0.3) is 5.91 Å². The molecule has 1 saturated heterocycles. The van der Waals surface area contributed by atoms with Crippen LogP contribution in [0, 0.1) is 5.82 Å². The summed E-state index contributed by atoms with van der Waals surface area (Å²) in [6.45, 7) is 3.44. The number of pyridine rings is 2. The molecular formula is C28H28ClFN6O3S. The first kappa shape index (κ1) is 27.8. The van der Waals surface area contributed by atoms with Crippen LogP contribution in [0.2, 0.25) is 5.02 Å². The highest BCUT2D eigenvalue weighted by atomic mass is 35.5. The largest absolute Gasteiger partial charge is 0.382 e. The Morgan fingerprint density at radius 2 is 1.82 bits per heavy atom. The third-order valence-electron chi connectivity index (χ3n) is 6.88. The average molecular weight is 583 g/mol. The highest BCUT2D eigenvalue weighted by Gasteiger charge is 2.26. The number of halogens is 2. The lowest BCUT2D eigenvalue weighted by atomic mass is 10.1. The molecule has 0 radical (unpaired) electrons. The lowest BCUT2D eigenvalue weighted by molar-refractivity contribution is 0.0984. The van der Waals surface area contributed by atoms with Crippen LogP contribution >= 0.6 is 11.6 Å². The van der Waals surface area contributed by atoms with E-state index in [0.29, 0.717) is 16.1 Å². The van der Waals surface area contributed by atoms with Crippen LogP contribution in [0.5, 0.6) is 0 Å². The summed E-state index contributed by atoms with van der Waals surface area (Å²) in [7, 11) is -1.82. The number of hydrogen-bond acceptors (Lipinski definition) is 8. The number of amides is 1. The van der Waals surface area contributed by atoms with Crippen LogP contribution in [-0.4, -0.2) is 68.7 Å². The Morgan fingerprint density at radius 3 is 2.50 bits per heavy atom. The number of carbonyl (C=O) groups is 1. The Balaban J connectivity index is 1.54. The Hall–Kier alpha value is -3.80. The number of hydrogen-bond donors (Lipinski definition) is 1. The van der Waals surface area contributed by atoms with E-state index in [4.69, 9.17) is 17.3 Å². The third-order valence-corrected chi connectivity index (χ3v) is 8.31. The summed E-state index contributed by atoms with van der Waals surface area (Å²) in [6, 6.07) is 13.8. The van der Waals surface area contributed by atoms with Crippen LogP contribution in [0.1, 0.15) is 15.9 Å². The van der Waals surface area contributed by atoms with Gasteiger partial charge in [-0.05, 0) is 55.1 Å². The third kappa shape index (κ3) is 5.86. The summed E-state index contributed by atoms with van der Waals surface area (Å²) in [5, 5.41) is 1.08. The molecule has 2 aromatic heterocycles. The molecule has 2 aromatic carbocycles. The predicted molar refractivity (Wildman–Crippen MR) is 155 cm³/mol. The molecule has 0 unspecified atom stereocenters. The molecule has 12 heteroatoms. The van der Waals surface area contributed by atoms with Crippen molar-refractivity contribution in [3.63, 3.8) is 0 Å². The SMILES string of the molecule is CN1CCN(c2ccc(C(=O)N(Cc3ccc4cc(Cl)c(N)nc4c3)c3ccc(F)cc3S(C)(=O)=O)cn2)CC1. The summed E-state index contributed by atoms with van der Waals surface area (Å²) in [5.74, 6) is -0.287. The minimum atomic E-state index is -3.88. The fraction of sp³-hybridized carbons (Fsp3) is 0.250. The first-order valence-corrected chi connectivity index (χ1v) is 14.8. The minimum Gasteiger partial charge on any atom is -0.382 e. The van der Waals surface area contributed by atoms with Gasteiger partial charge in [0, 0.05) is 44.0 Å². The van der Waals surface area contributed by atoms with Gasteiger partial charge in [0.1, 0.15) is 17.5 Å². The number of carbonyl (C=O) groups excluding carboxylic acids is 1. The number of sulfone groups is 1. The van der Waals surface area contributed by atoms with E-state index in [0.717, 1.165) is 55.8 Å². The van der Waals surface area contributed by atoms with Crippen LogP contribution in [0.3, 0.4) is 0 Å². The quantitative estimate of drug-likeness (QED) is 0.363. The van der Waals surface area contributed by atoms with Crippen LogP contribution < -0.4 is 15.5 Å². The molecule has 3 heterocycles. The van der Waals surface area contributed by atoms with Gasteiger partial charge < -0.3 is 20.4 Å². The highest BCUT2D eigenvalue weighted by molar-refractivity contribution is 7.90. The first-order chi connectivity index (χ1) is 19.0. The second-order valence-electron chi connectivity index (χ2n) is 9.85. The Bertz CT molecular complexity index is 1690. The molecule has 9 nitrogen and oxygen atoms in total. The van der Waals surface area contributed by atoms with E-state index in [2.05, 4.69) is 26.8 Å². The van der Waals surface area contributed by atoms with Crippen molar-refractivity contribution in [2.75, 3.05) is 55.0 Å². The van der Waals surface area contributed by atoms with Crippen LogP contribution in [-0.2, 0) is 16.4 Å². The smallest absolute Gasteiger partial charge is 0.260 e. The van der Waals surface area contributed by atoms with Crippen molar-refractivity contribution in [3.8, 4) is 0 Å². The van der Waals surface area contributed by atoms with Gasteiger partial charge in [-0.15, -0.1) is 0 Å². The van der Waals surface area contributed by atoms with Gasteiger partial charge in [0.2, 0.25) is 0 Å². The summed E-state index contributed by atoms with van der Waals surface area (Å²) in [6.07, 6.45) is 2.46. The maximum atomic E-state index is 14.2. The molecule has 208 valence electrons. The van der Waals surface area contributed by atoms with Gasteiger partial charge in [0.15, 0.2) is 9.84 Å². The number of fused-ring (bicyclic) bond motifs is 1. The van der Waals surface area contributed by atoms with Crippen molar-refractivity contribution in [2.45, 2.75) is 11.4 Å². The molecular weight excluding hydrogens is 555 g/mol. The van der Waals surface area contributed by atoms with Gasteiger partial charge in [-0.3, -0.25) is 4.79 Å². The van der Waals surface area contributed by atoms with Gasteiger partial charge in [0.05, 0.1) is 33.2 Å². The van der Waals surface area contributed by atoms with Crippen molar-refractivity contribution in [1.29, 1.82) is 0 Å². The molecule has 0 bridgehead atoms. The molecule has 1 amide bonds. The second-order valence-corrected chi connectivity index (χ2v) is 12.2. The van der Waals surface area contributed by atoms with E-state index in [1.807, 2.05) is 0 Å². The molecule has 0 saturated carbocycles. The molecule has 0 spiro atoms. The van der Waals surface area contributed by atoms with Gasteiger partial charge in [-0.1, -0.05) is 23.7 Å². The average Bonchev–Trinajstić information content (AvgIpc) is 2.92. The van der Waals surface area contributed by atoms with E-state index < -0.39 is 21.6 Å². The van der Waals surface area contributed by atoms with E-state index in [-0.39, 0.29) is 28.5 Å². The number of likely N-dealkylation sites (N-methyl/N-ethyl adjacent to an activating group) is 1. The molecule has 2 N–H and O–H groups in total. The summed E-state index contributed by atoms with van der Waals surface area (Å²) in [5.41, 5.74) is 7.42. The zero-order valence-electron chi connectivity index (χ0n) is 22.0. The molecule has 1 aliphatic heterocycles. The number of nitrogens with zero attached hydrogens (tertiary/aromatic N) is 5. The molecule has 40 heavy (non-hydrogen) atoms. The van der Waals surface area contributed by atoms with Crippen LogP contribution in [0.4, 0.5) is 21.7 Å². The standard InChI is InChI=1S/C28H28ClFN6O3S/c1-34-9-11-35(12-10-34)26-8-5-20(16-32-26)28(37)36(24-7-6-21(30)15-25(24)40(2,38)39)17-18-3-4-19-14-22(29)27(31)33-23(19)13-18/h3-8,13-16H,9-12,17H2,1-2H3,(H2,31,33). The zero-order valence-corrected chi connectivity index (χ0v) is 23.6. The lowest BCUT2D eigenvalue weighted by Gasteiger charge is -2.33. The summed E-state index contributed by atoms with van der Waals surface area (Å²) < 4.78 is 39.5. The molecule has 4 aromatic rings. The minimum absolute atomic E-state index is 0.0205. The number of piperazine rings is 1. The first-order valence-electron chi connectivity index (χ1n) is 12.6. The lowest BCUT2D eigenvalue weighted by Crippen LogP contribution is -2.44. The Labute approximate surface area is 236 Å². The fourth-order valence-corrected chi connectivity index (χ4v) is 5.69. The Morgan fingerprint density at radius 1 is 1.07 bits per heavy atom. The number of nitrogen functional groups attached to an aromatic ring is 1. The summed E-state index contributed by atoms with van der Waals surface area (Å²) >= 11 is 6.10. The fourth-order valence-electron chi connectivity index (χ4n) is 4.65. The number of benzene rings is 2. The Kier molecular flexibility index (Phi) is 7.63. The molecule has 0 atom stereocenters. The topological polar surface area (TPSA) is 113 Å². The van der Waals surface area contributed by atoms with Crippen molar-refractivity contribution in [3.05, 3.63) is 82.8 Å². The number of rotatable bonds is 6. The van der Waals surface area contributed by atoms with Crippen molar-refractivity contribution in [1.82, 2.24) is 14.9 Å². The van der Waals surface area contributed by atoms with Crippen molar-refractivity contribution in [2.24, 2.45) is 0 Å². The molecule has 5 rings (SSSR count). The van der Waals surface area contributed by atoms with Gasteiger partial charge in [-0.2, -0.15) is 0 Å². The molecule has 0 aliphatic carbocycles. The van der Waals surface area contributed by atoms with Crippen LogP contribution in [0.15, 0.2) is 65.7 Å². The van der Waals surface area contributed by atoms with Gasteiger partial charge in [-0.25, -0.2) is 22.8 Å². The highest BCUT2D eigenvalue weighted by Crippen LogP contribution is 2.31. The predicted octanol–water partition coefficient (Wildman–Crippen LogP) is 4.01. The normalized spacial score (nSPS) is 14.4. The van der Waals surface area contributed by atoms with E-state index in [9.17, 15) is 17.6 Å². The zero-order chi connectivity index (χ0) is 28.6. The van der Waals surface area contributed by atoms with Gasteiger partial charge >= 0.3 is 0 Å². The van der Waals surface area contributed by atoms with E-state index >= 15 is 0 Å². The molecule has 1 fully saturated rings. The van der Waals surface area contributed by atoms with E-state index in [1.165, 1.54) is 17.2 Å².